The molecule has 2 N–H and O–H groups in total. The molecule has 50 valence electrons. The minimum absolute atomic E-state index is 0.371. The molecular weight excluding hydrogens is 130 g/mol. The number of hydrogen-bond donors (Lipinski definition) is 1. The third-order valence-electron chi connectivity index (χ3n) is 1.22. The average Bonchev–Trinajstić information content (AvgIpc) is 2.27. The fourth-order valence-electron chi connectivity index (χ4n) is 0.809. The Bertz CT molecular complexity index is 322. The largest absolute Gasteiger partial charge is 0.439 e. The molecule has 0 bridgehead atoms. The smallest absolute Gasteiger partial charge is 0.193 e. The van der Waals surface area contributed by atoms with Gasteiger partial charge in [-0.25, -0.2) is 0 Å². The Morgan fingerprint density at radius 3 is 3.20 bits per heavy atom. The summed E-state index contributed by atoms with van der Waals surface area (Å²) in [4.78, 5) is 0. The third-order valence-corrected chi connectivity index (χ3v) is 1.22. The lowest BCUT2D eigenvalue weighted by Crippen LogP contribution is -1.76. The zero-order chi connectivity index (χ0) is 6.97. The van der Waals surface area contributed by atoms with Crippen LogP contribution in [0.15, 0.2) is 22.7 Å². The molecule has 0 aliphatic rings. The molecule has 2 aromatic rings. The van der Waals surface area contributed by atoms with Crippen molar-refractivity contribution >= 4 is 17.0 Å². The van der Waals surface area contributed by atoms with Crippen molar-refractivity contribution in [1.29, 1.82) is 0 Å². The molecule has 4 heteroatoms. The Labute approximate surface area is 56.7 Å². The van der Waals surface area contributed by atoms with E-state index in [4.69, 9.17) is 10.2 Å². The summed E-state index contributed by atoms with van der Waals surface area (Å²) in [5.74, 6) is 0.371. The molecule has 2 aromatic heterocycles. The maximum absolute atomic E-state index is 5.36. The van der Waals surface area contributed by atoms with E-state index in [0.717, 1.165) is 0 Å². The number of nitrogen functional groups attached to an aromatic ring is 1. The van der Waals surface area contributed by atoms with Gasteiger partial charge in [-0.2, -0.15) is 5.10 Å². The number of nitrogens with zero attached hydrogens (tertiary/aromatic N) is 2. The SMILES string of the molecule is Nc1cc2nnccc2o1. The lowest BCUT2D eigenvalue weighted by molar-refractivity contribution is 0.636. The van der Waals surface area contributed by atoms with Crippen molar-refractivity contribution < 1.29 is 4.42 Å². The Morgan fingerprint density at radius 1 is 1.50 bits per heavy atom. The first kappa shape index (κ1) is 5.22. The minimum Gasteiger partial charge on any atom is -0.439 e. The molecule has 0 unspecified atom stereocenters. The van der Waals surface area contributed by atoms with Gasteiger partial charge in [-0.05, 0) is 0 Å². The molecule has 2 rings (SSSR count). The van der Waals surface area contributed by atoms with Crippen molar-refractivity contribution in [1.82, 2.24) is 10.2 Å². The maximum Gasteiger partial charge on any atom is 0.193 e. The van der Waals surface area contributed by atoms with E-state index in [-0.39, 0.29) is 0 Å². The van der Waals surface area contributed by atoms with E-state index >= 15 is 0 Å². The first-order valence-corrected chi connectivity index (χ1v) is 2.83. The highest BCUT2D eigenvalue weighted by Gasteiger charge is 1.98. The second-order valence-corrected chi connectivity index (χ2v) is 1.93. The highest BCUT2D eigenvalue weighted by Crippen LogP contribution is 2.16. The van der Waals surface area contributed by atoms with Gasteiger partial charge < -0.3 is 10.2 Å². The quantitative estimate of drug-likeness (QED) is 0.580. The summed E-state index contributed by atoms with van der Waals surface area (Å²) in [5, 5.41) is 7.44. The van der Waals surface area contributed by atoms with Crippen molar-refractivity contribution in [3.8, 4) is 0 Å². The van der Waals surface area contributed by atoms with Crippen molar-refractivity contribution in [3.63, 3.8) is 0 Å². The molecule has 0 spiro atoms. The summed E-state index contributed by atoms with van der Waals surface area (Å²) in [6, 6.07) is 3.36. The van der Waals surface area contributed by atoms with E-state index in [2.05, 4.69) is 10.2 Å². The first-order valence-electron chi connectivity index (χ1n) is 2.83. The van der Waals surface area contributed by atoms with Gasteiger partial charge in [0.2, 0.25) is 0 Å². The number of rotatable bonds is 0. The van der Waals surface area contributed by atoms with Gasteiger partial charge in [0.25, 0.3) is 0 Å². The van der Waals surface area contributed by atoms with Crippen LogP contribution in [-0.2, 0) is 0 Å². The van der Waals surface area contributed by atoms with Crippen LogP contribution in [0.5, 0.6) is 0 Å². The molecule has 0 atom stereocenters. The average molecular weight is 135 g/mol. The predicted octanol–water partition coefficient (Wildman–Crippen LogP) is 0.805. The summed E-state index contributed by atoms with van der Waals surface area (Å²) in [6.45, 7) is 0. The lowest BCUT2D eigenvalue weighted by Gasteiger charge is -1.80. The molecule has 10 heavy (non-hydrogen) atoms. The normalized spacial score (nSPS) is 10.4. The number of anilines is 1. The number of furan rings is 1. The van der Waals surface area contributed by atoms with Gasteiger partial charge in [-0.15, -0.1) is 5.10 Å². The summed E-state index contributed by atoms with van der Waals surface area (Å²) < 4.78 is 5.04. The van der Waals surface area contributed by atoms with Crippen molar-refractivity contribution in [2.75, 3.05) is 5.73 Å². The van der Waals surface area contributed by atoms with E-state index < -0.39 is 0 Å². The standard InChI is InChI=1S/C6H5N3O/c7-6-3-4-5(10-6)1-2-8-9-4/h1-3H,7H2. The molecule has 0 saturated carbocycles. The minimum atomic E-state index is 0.371. The fourth-order valence-corrected chi connectivity index (χ4v) is 0.809. The molecule has 0 radical (unpaired) electrons. The highest BCUT2D eigenvalue weighted by molar-refractivity contribution is 5.74. The highest BCUT2D eigenvalue weighted by atomic mass is 16.3. The Balaban J connectivity index is 2.88. The summed E-state index contributed by atoms with van der Waals surface area (Å²) >= 11 is 0. The summed E-state index contributed by atoms with van der Waals surface area (Å²) in [7, 11) is 0. The Kier molecular flexibility index (Phi) is 0.887. The van der Waals surface area contributed by atoms with Crippen LogP contribution in [0.2, 0.25) is 0 Å². The Hall–Kier alpha value is -1.58. The molecule has 4 nitrogen and oxygen atoms in total. The van der Waals surface area contributed by atoms with Gasteiger partial charge in [0.15, 0.2) is 11.5 Å². The first-order chi connectivity index (χ1) is 4.86. The van der Waals surface area contributed by atoms with Crippen LogP contribution in [-0.4, -0.2) is 10.2 Å². The predicted molar refractivity (Wildman–Crippen MR) is 36.2 cm³/mol. The zero-order valence-corrected chi connectivity index (χ0v) is 5.11. The van der Waals surface area contributed by atoms with E-state index in [9.17, 15) is 0 Å². The molecule has 0 fully saturated rings. The number of hydrogen-bond acceptors (Lipinski definition) is 4. The molecule has 0 aliphatic heterocycles. The van der Waals surface area contributed by atoms with Gasteiger partial charge in [-0.3, -0.25) is 0 Å². The molecule has 0 saturated heterocycles. The number of nitrogens with two attached hydrogens (primary N) is 1. The van der Waals surface area contributed by atoms with E-state index in [1.54, 1.807) is 18.3 Å². The molecule has 0 aliphatic carbocycles. The number of fused-ring (bicyclic) bond motifs is 1. The van der Waals surface area contributed by atoms with E-state index in [1.807, 2.05) is 0 Å². The van der Waals surface area contributed by atoms with Crippen LogP contribution < -0.4 is 5.73 Å². The molecule has 0 amide bonds. The van der Waals surface area contributed by atoms with Crippen LogP contribution in [0.1, 0.15) is 0 Å². The van der Waals surface area contributed by atoms with Crippen molar-refractivity contribution in [2.45, 2.75) is 0 Å². The van der Waals surface area contributed by atoms with Crippen LogP contribution in [0.25, 0.3) is 11.1 Å². The second-order valence-electron chi connectivity index (χ2n) is 1.93. The third kappa shape index (κ3) is 0.621. The molecular formula is C6H5N3O. The fraction of sp³-hybridized carbons (Fsp3) is 0. The van der Waals surface area contributed by atoms with E-state index in [0.29, 0.717) is 17.0 Å². The second kappa shape index (κ2) is 1.70. The van der Waals surface area contributed by atoms with Gasteiger partial charge in [0, 0.05) is 12.1 Å². The lowest BCUT2D eigenvalue weighted by atomic mass is 10.4. The Morgan fingerprint density at radius 2 is 2.40 bits per heavy atom. The summed E-state index contributed by atoms with van der Waals surface area (Å²) in [5.41, 5.74) is 6.72. The van der Waals surface area contributed by atoms with Crippen LogP contribution in [0.3, 0.4) is 0 Å². The van der Waals surface area contributed by atoms with Crippen molar-refractivity contribution in [2.24, 2.45) is 0 Å². The van der Waals surface area contributed by atoms with Gasteiger partial charge in [-0.1, -0.05) is 0 Å². The van der Waals surface area contributed by atoms with Crippen molar-refractivity contribution in [3.05, 3.63) is 18.3 Å². The maximum atomic E-state index is 5.36. The van der Waals surface area contributed by atoms with Gasteiger partial charge in [0.05, 0.1) is 6.20 Å². The van der Waals surface area contributed by atoms with Crippen LogP contribution >= 0.6 is 0 Å². The van der Waals surface area contributed by atoms with Gasteiger partial charge in [0.1, 0.15) is 5.52 Å². The zero-order valence-electron chi connectivity index (χ0n) is 5.11. The van der Waals surface area contributed by atoms with E-state index in [1.165, 1.54) is 0 Å². The van der Waals surface area contributed by atoms with Gasteiger partial charge >= 0.3 is 0 Å². The molecule has 2 heterocycles. The monoisotopic (exact) mass is 135 g/mol. The van der Waals surface area contributed by atoms with Crippen LogP contribution in [0, 0.1) is 0 Å². The summed E-state index contributed by atoms with van der Waals surface area (Å²) in [6.07, 6.45) is 1.56. The van der Waals surface area contributed by atoms with Crippen LogP contribution in [0.4, 0.5) is 5.88 Å². The molecule has 0 aromatic carbocycles. The topological polar surface area (TPSA) is 64.9 Å². The number of aromatic nitrogens is 2.